The summed E-state index contributed by atoms with van der Waals surface area (Å²) >= 11 is 0. The second kappa shape index (κ2) is 8.96. The summed E-state index contributed by atoms with van der Waals surface area (Å²) in [5.74, 6) is -0.464. The van der Waals surface area contributed by atoms with Crippen LogP contribution in [-0.4, -0.2) is 34.0 Å². The molecule has 0 unspecified atom stereocenters. The van der Waals surface area contributed by atoms with Crippen LogP contribution in [0.15, 0.2) is 47.4 Å². The van der Waals surface area contributed by atoms with Crippen LogP contribution in [0.1, 0.15) is 29.8 Å². The maximum atomic E-state index is 12.9. The van der Waals surface area contributed by atoms with Gasteiger partial charge in [-0.1, -0.05) is 12.1 Å². The molecule has 0 aliphatic rings. The first-order valence-electron chi connectivity index (χ1n) is 8.46. The van der Waals surface area contributed by atoms with E-state index in [0.717, 1.165) is 5.56 Å². The van der Waals surface area contributed by atoms with E-state index in [1.807, 2.05) is 13.8 Å². The van der Waals surface area contributed by atoms with Crippen LogP contribution in [0.2, 0.25) is 0 Å². The fraction of sp³-hybridized carbons (Fsp3) is 0.316. The highest BCUT2D eigenvalue weighted by atomic mass is 32.2. The molecule has 0 atom stereocenters. The van der Waals surface area contributed by atoms with Gasteiger partial charge in [0.2, 0.25) is 10.0 Å². The number of amides is 1. The lowest BCUT2D eigenvalue weighted by atomic mass is 10.1. The lowest BCUT2D eigenvalue weighted by Gasteiger charge is -2.13. The number of hydrogen-bond acceptors (Lipinski definition) is 4. The van der Waals surface area contributed by atoms with E-state index in [4.69, 9.17) is 4.74 Å². The van der Waals surface area contributed by atoms with E-state index in [1.165, 1.54) is 37.4 Å². The molecular weight excluding hydrogens is 371 g/mol. The monoisotopic (exact) mass is 394 g/mol. The van der Waals surface area contributed by atoms with Gasteiger partial charge in [0.05, 0.1) is 17.6 Å². The number of halogens is 1. The first-order chi connectivity index (χ1) is 12.7. The molecule has 0 fully saturated rings. The number of benzene rings is 2. The summed E-state index contributed by atoms with van der Waals surface area (Å²) in [7, 11) is -2.39. The zero-order chi connectivity index (χ0) is 20.0. The van der Waals surface area contributed by atoms with Crippen LogP contribution in [0.4, 0.5) is 4.39 Å². The van der Waals surface area contributed by atoms with Crippen molar-refractivity contribution in [2.75, 3.05) is 13.7 Å². The average Bonchev–Trinajstić information content (AvgIpc) is 2.62. The highest BCUT2D eigenvalue weighted by Gasteiger charge is 2.20. The van der Waals surface area contributed by atoms with Crippen molar-refractivity contribution in [3.8, 4) is 5.75 Å². The van der Waals surface area contributed by atoms with Gasteiger partial charge in [-0.15, -0.1) is 0 Å². The largest absolute Gasteiger partial charge is 0.496 e. The quantitative estimate of drug-likeness (QED) is 0.721. The summed E-state index contributed by atoms with van der Waals surface area (Å²) in [6.07, 6.45) is 0.413. The van der Waals surface area contributed by atoms with Crippen molar-refractivity contribution in [3.05, 3.63) is 59.4 Å². The van der Waals surface area contributed by atoms with E-state index in [-0.39, 0.29) is 28.9 Å². The molecule has 146 valence electrons. The van der Waals surface area contributed by atoms with Gasteiger partial charge in [0.25, 0.3) is 5.91 Å². The fourth-order valence-corrected chi connectivity index (χ4v) is 3.49. The number of ether oxygens (including phenoxy) is 1. The fourth-order valence-electron chi connectivity index (χ4n) is 2.44. The Bertz CT molecular complexity index is 896. The van der Waals surface area contributed by atoms with E-state index in [9.17, 15) is 17.6 Å². The zero-order valence-corrected chi connectivity index (χ0v) is 16.3. The Hall–Kier alpha value is -2.45. The van der Waals surface area contributed by atoms with Gasteiger partial charge in [0, 0.05) is 12.6 Å². The molecule has 6 nitrogen and oxygen atoms in total. The molecule has 0 saturated heterocycles. The minimum Gasteiger partial charge on any atom is -0.496 e. The minimum atomic E-state index is -3.81. The van der Waals surface area contributed by atoms with Crippen LogP contribution >= 0.6 is 0 Å². The van der Waals surface area contributed by atoms with Crippen LogP contribution in [-0.2, 0) is 16.4 Å². The lowest BCUT2D eigenvalue weighted by Crippen LogP contribution is -2.31. The molecule has 0 aliphatic heterocycles. The standard InChI is InChI=1S/C19H23FN2O4S/c1-13(2)22-19(23)17-12-16(8-9-18(17)26-3)27(24,25)21-11-10-14-4-6-15(20)7-5-14/h4-9,12-13,21H,10-11H2,1-3H3,(H,22,23). The first kappa shape index (κ1) is 20.9. The molecule has 2 aromatic carbocycles. The number of nitrogens with one attached hydrogen (secondary N) is 2. The van der Waals surface area contributed by atoms with Gasteiger partial charge < -0.3 is 10.1 Å². The summed E-state index contributed by atoms with van der Waals surface area (Å²) < 4.78 is 45.6. The van der Waals surface area contributed by atoms with Crippen molar-refractivity contribution < 1.29 is 22.3 Å². The van der Waals surface area contributed by atoms with Gasteiger partial charge in [-0.25, -0.2) is 17.5 Å². The Balaban J connectivity index is 2.14. The van der Waals surface area contributed by atoms with Crippen LogP contribution in [0.25, 0.3) is 0 Å². The minimum absolute atomic E-state index is 0.0312. The predicted octanol–water partition coefficient (Wildman–Crippen LogP) is 2.49. The molecule has 0 aromatic heterocycles. The van der Waals surface area contributed by atoms with Crippen molar-refractivity contribution in [2.45, 2.75) is 31.2 Å². The van der Waals surface area contributed by atoms with Crippen molar-refractivity contribution >= 4 is 15.9 Å². The number of sulfonamides is 1. The van der Waals surface area contributed by atoms with Crippen molar-refractivity contribution in [1.29, 1.82) is 0 Å². The smallest absolute Gasteiger partial charge is 0.255 e. The van der Waals surface area contributed by atoms with Gasteiger partial charge >= 0.3 is 0 Å². The highest BCUT2D eigenvalue weighted by molar-refractivity contribution is 7.89. The Morgan fingerprint density at radius 2 is 1.81 bits per heavy atom. The number of carbonyl (C=O) groups excluding carboxylic acids is 1. The summed E-state index contributed by atoms with van der Waals surface area (Å²) in [4.78, 5) is 12.3. The molecule has 0 bridgehead atoms. The summed E-state index contributed by atoms with van der Waals surface area (Å²) in [6.45, 7) is 3.76. The summed E-state index contributed by atoms with van der Waals surface area (Å²) in [5.41, 5.74) is 0.957. The second-order valence-electron chi connectivity index (χ2n) is 6.26. The molecule has 0 saturated carbocycles. The number of hydrogen-bond donors (Lipinski definition) is 2. The molecule has 2 rings (SSSR count). The molecule has 0 spiro atoms. The van der Waals surface area contributed by atoms with Crippen molar-refractivity contribution in [1.82, 2.24) is 10.0 Å². The molecule has 2 N–H and O–H groups in total. The molecule has 8 heteroatoms. The third kappa shape index (κ3) is 5.77. The van der Waals surface area contributed by atoms with E-state index < -0.39 is 15.9 Å². The van der Waals surface area contributed by atoms with Gasteiger partial charge in [0.15, 0.2) is 0 Å². The van der Waals surface area contributed by atoms with E-state index in [2.05, 4.69) is 10.0 Å². The normalized spacial score (nSPS) is 11.4. The SMILES string of the molecule is COc1ccc(S(=O)(=O)NCCc2ccc(F)cc2)cc1C(=O)NC(C)C. The molecule has 2 aromatic rings. The van der Waals surface area contributed by atoms with Crippen LogP contribution in [0.5, 0.6) is 5.75 Å². The molecule has 0 heterocycles. The van der Waals surface area contributed by atoms with Crippen molar-refractivity contribution in [3.63, 3.8) is 0 Å². The maximum absolute atomic E-state index is 12.9. The predicted molar refractivity (Wildman–Crippen MR) is 101 cm³/mol. The third-order valence-corrected chi connectivity index (χ3v) is 5.22. The Kier molecular flexibility index (Phi) is 6.92. The molecule has 0 radical (unpaired) electrons. The van der Waals surface area contributed by atoms with Gasteiger partial charge in [-0.05, 0) is 56.2 Å². The maximum Gasteiger partial charge on any atom is 0.255 e. The van der Waals surface area contributed by atoms with Gasteiger partial charge in [-0.2, -0.15) is 0 Å². The summed E-state index contributed by atoms with van der Waals surface area (Å²) in [5, 5.41) is 2.72. The first-order valence-corrected chi connectivity index (χ1v) is 9.94. The number of carbonyl (C=O) groups is 1. The Labute approximate surface area is 158 Å². The topological polar surface area (TPSA) is 84.5 Å². The Morgan fingerprint density at radius 1 is 1.15 bits per heavy atom. The van der Waals surface area contributed by atoms with Crippen molar-refractivity contribution in [2.24, 2.45) is 0 Å². The number of rotatable bonds is 8. The highest BCUT2D eigenvalue weighted by Crippen LogP contribution is 2.22. The second-order valence-corrected chi connectivity index (χ2v) is 8.03. The van der Waals surface area contributed by atoms with E-state index in [0.29, 0.717) is 12.2 Å². The van der Waals surface area contributed by atoms with Gasteiger partial charge in [-0.3, -0.25) is 4.79 Å². The van der Waals surface area contributed by atoms with Crippen LogP contribution in [0, 0.1) is 5.82 Å². The van der Waals surface area contributed by atoms with Crippen LogP contribution in [0.3, 0.4) is 0 Å². The van der Waals surface area contributed by atoms with E-state index in [1.54, 1.807) is 12.1 Å². The van der Waals surface area contributed by atoms with E-state index >= 15 is 0 Å². The molecule has 27 heavy (non-hydrogen) atoms. The third-order valence-electron chi connectivity index (χ3n) is 3.76. The average molecular weight is 394 g/mol. The van der Waals surface area contributed by atoms with Gasteiger partial charge in [0.1, 0.15) is 11.6 Å². The molecular formula is C19H23FN2O4S. The summed E-state index contributed by atoms with van der Waals surface area (Å²) in [6, 6.07) is 9.87. The number of methoxy groups -OCH3 is 1. The lowest BCUT2D eigenvalue weighted by molar-refractivity contribution is 0.0940. The Morgan fingerprint density at radius 3 is 2.41 bits per heavy atom. The molecule has 1 amide bonds. The van der Waals surface area contributed by atoms with Crippen LogP contribution < -0.4 is 14.8 Å². The molecule has 0 aliphatic carbocycles. The zero-order valence-electron chi connectivity index (χ0n) is 15.5.